The first-order chi connectivity index (χ1) is 11.3. The van der Waals surface area contributed by atoms with Crippen LogP contribution >= 0.6 is 0 Å². The number of nitrogens with two attached hydrogens (primary N) is 1. The molecule has 0 bridgehead atoms. The number of likely N-dealkylation sites (tertiary alicyclic amines) is 2. The van der Waals surface area contributed by atoms with Gasteiger partial charge in [-0.15, -0.1) is 0 Å². The van der Waals surface area contributed by atoms with Crippen molar-refractivity contribution in [2.75, 3.05) is 32.7 Å². The van der Waals surface area contributed by atoms with Crippen molar-refractivity contribution in [1.82, 2.24) is 9.80 Å². The lowest BCUT2D eigenvalue weighted by Gasteiger charge is -2.29. The summed E-state index contributed by atoms with van der Waals surface area (Å²) in [5.74, 6) is 0.429. The molecule has 0 saturated carbocycles. The molecule has 0 radical (unpaired) electrons. The Balaban J connectivity index is 1.63. The maximum absolute atomic E-state index is 12.4. The molecule has 2 aliphatic heterocycles. The largest absolute Gasteiger partial charge is 0.444 e. The first-order valence-electron chi connectivity index (χ1n) is 8.76. The zero-order valence-corrected chi connectivity index (χ0v) is 15.0. The van der Waals surface area contributed by atoms with Crippen LogP contribution in [0, 0.1) is 11.3 Å². The number of carbonyl (C=O) groups is 1. The van der Waals surface area contributed by atoms with Gasteiger partial charge in [0.15, 0.2) is 0 Å². The van der Waals surface area contributed by atoms with Gasteiger partial charge >= 0.3 is 6.09 Å². The quantitative estimate of drug-likeness (QED) is 0.923. The van der Waals surface area contributed by atoms with E-state index >= 15 is 0 Å². The van der Waals surface area contributed by atoms with Crippen molar-refractivity contribution in [3.05, 3.63) is 35.9 Å². The average molecular weight is 331 g/mol. The number of rotatable bonds is 3. The second-order valence-electron chi connectivity index (χ2n) is 8.28. The third kappa shape index (κ3) is 3.57. The second kappa shape index (κ2) is 6.37. The Hall–Kier alpha value is -1.59. The Morgan fingerprint density at radius 3 is 2.54 bits per heavy atom. The Morgan fingerprint density at radius 1 is 1.25 bits per heavy atom. The number of hydrogen-bond donors (Lipinski definition) is 1. The zero-order valence-electron chi connectivity index (χ0n) is 15.0. The highest BCUT2D eigenvalue weighted by Gasteiger charge is 2.53. The topological polar surface area (TPSA) is 58.8 Å². The Bertz CT molecular complexity index is 584. The Morgan fingerprint density at radius 2 is 1.96 bits per heavy atom. The summed E-state index contributed by atoms with van der Waals surface area (Å²) >= 11 is 0. The van der Waals surface area contributed by atoms with Gasteiger partial charge in [-0.1, -0.05) is 30.3 Å². The summed E-state index contributed by atoms with van der Waals surface area (Å²) in [6.45, 7) is 10.7. The normalized spacial score (nSPS) is 27.3. The summed E-state index contributed by atoms with van der Waals surface area (Å²) < 4.78 is 5.53. The summed E-state index contributed by atoms with van der Waals surface area (Å²) in [6.07, 6.45) is -0.209. The van der Waals surface area contributed by atoms with Crippen LogP contribution in [0.15, 0.2) is 30.3 Å². The highest BCUT2D eigenvalue weighted by molar-refractivity contribution is 5.68. The van der Waals surface area contributed by atoms with Crippen LogP contribution in [0.25, 0.3) is 0 Å². The Labute approximate surface area is 144 Å². The third-order valence-electron chi connectivity index (χ3n) is 5.14. The molecule has 2 saturated heterocycles. The summed E-state index contributed by atoms with van der Waals surface area (Å²) in [5, 5.41) is 0. The van der Waals surface area contributed by atoms with Crippen molar-refractivity contribution >= 4 is 6.09 Å². The van der Waals surface area contributed by atoms with Gasteiger partial charge in [0.05, 0.1) is 0 Å². The lowest BCUT2D eigenvalue weighted by molar-refractivity contribution is 0.0260. The zero-order chi connectivity index (χ0) is 17.4. The van der Waals surface area contributed by atoms with Gasteiger partial charge < -0.3 is 15.4 Å². The van der Waals surface area contributed by atoms with E-state index in [0.29, 0.717) is 19.0 Å². The summed E-state index contributed by atoms with van der Waals surface area (Å²) in [4.78, 5) is 16.7. The van der Waals surface area contributed by atoms with Crippen molar-refractivity contribution in [3.63, 3.8) is 0 Å². The van der Waals surface area contributed by atoms with Crippen LogP contribution < -0.4 is 5.73 Å². The molecule has 24 heavy (non-hydrogen) atoms. The van der Waals surface area contributed by atoms with Crippen LogP contribution in [0.2, 0.25) is 0 Å². The van der Waals surface area contributed by atoms with Crippen molar-refractivity contribution in [1.29, 1.82) is 0 Å². The first kappa shape index (κ1) is 17.2. The van der Waals surface area contributed by atoms with Gasteiger partial charge in [-0.2, -0.15) is 0 Å². The van der Waals surface area contributed by atoms with E-state index in [1.165, 1.54) is 5.56 Å². The van der Waals surface area contributed by atoms with E-state index in [1.54, 1.807) is 0 Å². The summed E-state index contributed by atoms with van der Waals surface area (Å²) in [5.41, 5.74) is 7.03. The molecule has 1 aromatic carbocycles. The molecule has 0 aliphatic carbocycles. The number of fused-ring (bicyclic) bond motifs is 1. The molecule has 1 aromatic rings. The molecule has 0 aromatic heterocycles. The number of amides is 1. The van der Waals surface area contributed by atoms with E-state index < -0.39 is 5.60 Å². The first-order valence-corrected chi connectivity index (χ1v) is 8.76. The molecule has 2 fully saturated rings. The van der Waals surface area contributed by atoms with Gasteiger partial charge in [-0.05, 0) is 32.3 Å². The number of carbonyl (C=O) groups excluding carboxylic acids is 1. The fourth-order valence-corrected chi connectivity index (χ4v) is 4.01. The molecular formula is C19H29N3O2. The molecular weight excluding hydrogens is 302 g/mol. The van der Waals surface area contributed by atoms with E-state index in [1.807, 2.05) is 31.7 Å². The van der Waals surface area contributed by atoms with Crippen molar-refractivity contribution in [2.24, 2.45) is 17.1 Å². The van der Waals surface area contributed by atoms with Crippen LogP contribution in [0.4, 0.5) is 4.79 Å². The highest BCUT2D eigenvalue weighted by atomic mass is 16.6. The predicted molar refractivity (Wildman–Crippen MR) is 94.5 cm³/mol. The van der Waals surface area contributed by atoms with Crippen molar-refractivity contribution in [2.45, 2.75) is 32.9 Å². The molecule has 2 heterocycles. The van der Waals surface area contributed by atoms with Crippen LogP contribution in [0.3, 0.4) is 0 Å². The lowest BCUT2D eigenvalue weighted by Crippen LogP contribution is -2.42. The molecule has 2 atom stereocenters. The van der Waals surface area contributed by atoms with Crippen LogP contribution in [-0.4, -0.2) is 54.2 Å². The van der Waals surface area contributed by atoms with Gasteiger partial charge in [-0.25, -0.2) is 4.79 Å². The van der Waals surface area contributed by atoms with Crippen molar-refractivity contribution < 1.29 is 9.53 Å². The van der Waals surface area contributed by atoms with Crippen molar-refractivity contribution in [3.8, 4) is 0 Å². The number of nitrogens with zero attached hydrogens (tertiary/aromatic N) is 2. The van der Waals surface area contributed by atoms with Crippen LogP contribution in [0.5, 0.6) is 0 Å². The summed E-state index contributed by atoms with van der Waals surface area (Å²) in [6, 6.07) is 10.5. The lowest BCUT2D eigenvalue weighted by atomic mass is 9.81. The second-order valence-corrected chi connectivity index (χ2v) is 8.28. The van der Waals surface area contributed by atoms with Crippen LogP contribution in [0.1, 0.15) is 26.3 Å². The highest BCUT2D eigenvalue weighted by Crippen LogP contribution is 2.42. The van der Waals surface area contributed by atoms with E-state index in [2.05, 4.69) is 29.2 Å². The van der Waals surface area contributed by atoms with E-state index in [-0.39, 0.29) is 11.5 Å². The molecule has 0 spiro atoms. The van der Waals surface area contributed by atoms with Gasteiger partial charge in [-0.3, -0.25) is 4.90 Å². The average Bonchev–Trinajstić information content (AvgIpc) is 3.00. The number of ether oxygens (including phenoxy) is 1. The Kier molecular flexibility index (Phi) is 4.58. The minimum absolute atomic E-state index is 0.00564. The third-order valence-corrected chi connectivity index (χ3v) is 5.14. The summed E-state index contributed by atoms with van der Waals surface area (Å²) in [7, 11) is 0. The maximum Gasteiger partial charge on any atom is 0.410 e. The molecule has 2 aliphatic rings. The maximum atomic E-state index is 12.4. The predicted octanol–water partition coefficient (Wildman–Crippen LogP) is 2.31. The molecule has 2 N–H and O–H groups in total. The monoisotopic (exact) mass is 331 g/mol. The minimum Gasteiger partial charge on any atom is -0.444 e. The fraction of sp³-hybridized carbons (Fsp3) is 0.632. The SMILES string of the molecule is CC(C)(C)OC(=O)N1C[C@H]2CN(Cc3ccccc3)C[C@]2(CN)C1. The van der Waals surface area contributed by atoms with Gasteiger partial charge in [0.2, 0.25) is 0 Å². The standard InChI is InChI=1S/C19H29N3O2/c1-18(2,3)24-17(23)22-11-16-10-21(13-19(16,12-20)14-22)9-15-7-5-4-6-8-15/h4-8,16H,9-14,20H2,1-3H3/t16-,19-/m1/s1. The smallest absolute Gasteiger partial charge is 0.410 e. The molecule has 3 rings (SSSR count). The molecule has 1 amide bonds. The molecule has 132 valence electrons. The number of hydrogen-bond acceptors (Lipinski definition) is 4. The number of benzene rings is 1. The van der Waals surface area contributed by atoms with Gasteiger partial charge in [0.25, 0.3) is 0 Å². The molecule has 5 nitrogen and oxygen atoms in total. The fourth-order valence-electron chi connectivity index (χ4n) is 4.01. The van der Waals surface area contributed by atoms with Gasteiger partial charge in [0.1, 0.15) is 5.60 Å². The van der Waals surface area contributed by atoms with E-state index in [0.717, 1.165) is 26.2 Å². The minimum atomic E-state index is -0.454. The van der Waals surface area contributed by atoms with E-state index in [9.17, 15) is 4.79 Å². The van der Waals surface area contributed by atoms with Crippen LogP contribution in [-0.2, 0) is 11.3 Å². The van der Waals surface area contributed by atoms with E-state index in [4.69, 9.17) is 10.5 Å². The van der Waals surface area contributed by atoms with Gasteiger partial charge in [0, 0.05) is 44.7 Å². The molecule has 0 unspecified atom stereocenters. The molecule has 5 heteroatoms.